The minimum absolute atomic E-state index is 0.104. The first-order valence-corrected chi connectivity index (χ1v) is 11.8. The molecule has 160 valence electrons. The van der Waals surface area contributed by atoms with Crippen molar-refractivity contribution in [1.29, 1.82) is 0 Å². The molecule has 0 fully saturated rings. The molecule has 0 aliphatic carbocycles. The SMILES string of the molecule is CCOc1ccc(-n2c(SCc3nc(-c4ccccc4)no3)nc3ccsc3c2=O)cc1. The summed E-state index contributed by atoms with van der Waals surface area (Å²) in [6, 6.07) is 18.9. The molecule has 2 aromatic carbocycles. The van der Waals surface area contributed by atoms with Gasteiger partial charge in [0.15, 0.2) is 5.16 Å². The maximum absolute atomic E-state index is 13.3. The molecule has 0 aliphatic heterocycles. The Morgan fingerprint density at radius 2 is 1.88 bits per heavy atom. The summed E-state index contributed by atoms with van der Waals surface area (Å²) >= 11 is 2.77. The largest absolute Gasteiger partial charge is 0.494 e. The number of ether oxygens (including phenoxy) is 1. The van der Waals surface area contributed by atoms with Gasteiger partial charge in [-0.2, -0.15) is 4.98 Å². The van der Waals surface area contributed by atoms with Crippen molar-refractivity contribution in [2.45, 2.75) is 17.8 Å². The third kappa shape index (κ3) is 4.04. The van der Waals surface area contributed by atoms with Crippen LogP contribution in [0.5, 0.6) is 5.75 Å². The molecule has 0 atom stereocenters. The summed E-state index contributed by atoms with van der Waals surface area (Å²) < 4.78 is 13.2. The Kier molecular flexibility index (Phi) is 5.74. The lowest BCUT2D eigenvalue weighted by atomic mass is 10.2. The van der Waals surface area contributed by atoms with Crippen molar-refractivity contribution in [2.24, 2.45) is 0 Å². The molecular weight excluding hydrogens is 444 g/mol. The predicted octanol–water partition coefficient (Wildman–Crippen LogP) is 5.19. The molecule has 5 rings (SSSR count). The minimum Gasteiger partial charge on any atom is -0.494 e. The summed E-state index contributed by atoms with van der Waals surface area (Å²) in [6.07, 6.45) is 0. The predicted molar refractivity (Wildman–Crippen MR) is 126 cm³/mol. The molecule has 3 aromatic heterocycles. The van der Waals surface area contributed by atoms with Crippen molar-refractivity contribution < 1.29 is 9.26 Å². The van der Waals surface area contributed by atoms with E-state index in [9.17, 15) is 4.79 Å². The second kappa shape index (κ2) is 8.97. The van der Waals surface area contributed by atoms with Gasteiger partial charge in [-0.05, 0) is 42.6 Å². The van der Waals surface area contributed by atoms with Crippen molar-refractivity contribution in [3.8, 4) is 22.8 Å². The second-order valence-electron chi connectivity index (χ2n) is 6.76. The van der Waals surface area contributed by atoms with Crippen molar-refractivity contribution >= 4 is 33.3 Å². The standard InChI is InChI=1S/C23H18N4O3S2/c1-2-29-17-10-8-16(9-11-17)27-22(28)20-18(12-13-31-20)24-23(27)32-14-19-25-21(26-30-19)15-6-4-3-5-7-15/h3-13H,2,14H2,1H3. The Morgan fingerprint density at radius 1 is 1.06 bits per heavy atom. The van der Waals surface area contributed by atoms with E-state index in [1.165, 1.54) is 23.1 Å². The fraction of sp³-hybridized carbons (Fsp3) is 0.130. The smallest absolute Gasteiger partial charge is 0.276 e. The van der Waals surface area contributed by atoms with E-state index in [4.69, 9.17) is 14.2 Å². The molecule has 32 heavy (non-hydrogen) atoms. The molecule has 0 N–H and O–H groups in total. The van der Waals surface area contributed by atoms with Crippen molar-refractivity contribution in [3.05, 3.63) is 82.3 Å². The minimum atomic E-state index is -0.104. The van der Waals surface area contributed by atoms with Gasteiger partial charge in [0.05, 0.1) is 23.6 Å². The number of hydrogen-bond acceptors (Lipinski definition) is 8. The van der Waals surface area contributed by atoms with Crippen LogP contribution in [0.4, 0.5) is 0 Å². The van der Waals surface area contributed by atoms with Crippen LogP contribution in [0.25, 0.3) is 27.3 Å². The maximum Gasteiger partial charge on any atom is 0.276 e. The second-order valence-corrected chi connectivity index (χ2v) is 8.62. The van der Waals surface area contributed by atoms with Crippen LogP contribution in [0, 0.1) is 0 Å². The van der Waals surface area contributed by atoms with E-state index in [2.05, 4.69) is 10.1 Å². The summed E-state index contributed by atoms with van der Waals surface area (Å²) in [5.74, 6) is 2.14. The van der Waals surface area contributed by atoms with Crippen LogP contribution in [0.3, 0.4) is 0 Å². The highest BCUT2D eigenvalue weighted by Gasteiger charge is 2.16. The van der Waals surface area contributed by atoms with Gasteiger partial charge < -0.3 is 9.26 Å². The number of fused-ring (bicyclic) bond motifs is 1. The maximum atomic E-state index is 13.3. The molecular formula is C23H18N4O3S2. The number of benzene rings is 2. The van der Waals surface area contributed by atoms with Crippen molar-refractivity contribution in [3.63, 3.8) is 0 Å². The summed E-state index contributed by atoms with van der Waals surface area (Å²) in [7, 11) is 0. The molecule has 0 aliphatic rings. The third-order valence-corrected chi connectivity index (χ3v) is 6.49. The number of aromatic nitrogens is 4. The number of nitrogens with zero attached hydrogens (tertiary/aromatic N) is 4. The Hall–Kier alpha value is -3.43. The van der Waals surface area contributed by atoms with Crippen molar-refractivity contribution in [1.82, 2.24) is 19.7 Å². The Balaban J connectivity index is 1.47. The highest BCUT2D eigenvalue weighted by atomic mass is 32.2. The number of thioether (sulfide) groups is 1. The third-order valence-electron chi connectivity index (χ3n) is 4.68. The van der Waals surface area contributed by atoms with E-state index >= 15 is 0 Å². The van der Waals surface area contributed by atoms with Crippen LogP contribution in [-0.2, 0) is 5.75 Å². The van der Waals surface area contributed by atoms with E-state index in [0.29, 0.717) is 39.4 Å². The summed E-state index contributed by atoms with van der Waals surface area (Å²) in [5.41, 5.74) is 2.18. The fourth-order valence-electron chi connectivity index (χ4n) is 3.22. The van der Waals surface area contributed by atoms with Crippen LogP contribution in [0.1, 0.15) is 12.8 Å². The monoisotopic (exact) mass is 462 g/mol. The molecule has 5 aromatic rings. The number of hydrogen-bond donors (Lipinski definition) is 0. The highest BCUT2D eigenvalue weighted by molar-refractivity contribution is 7.98. The van der Waals surface area contributed by atoms with Gasteiger partial charge in [0.1, 0.15) is 10.4 Å². The lowest BCUT2D eigenvalue weighted by Crippen LogP contribution is -2.20. The Bertz CT molecular complexity index is 1410. The lowest BCUT2D eigenvalue weighted by Gasteiger charge is -2.12. The first kappa shape index (κ1) is 20.5. The van der Waals surface area contributed by atoms with Gasteiger partial charge in [0.2, 0.25) is 11.7 Å². The molecule has 0 unspecified atom stereocenters. The van der Waals surface area contributed by atoms with Crippen LogP contribution < -0.4 is 10.3 Å². The lowest BCUT2D eigenvalue weighted by molar-refractivity contribution is 0.340. The van der Waals surface area contributed by atoms with Gasteiger partial charge in [-0.15, -0.1) is 11.3 Å². The van der Waals surface area contributed by atoms with Crippen molar-refractivity contribution in [2.75, 3.05) is 6.61 Å². The van der Waals surface area contributed by atoms with Crippen LogP contribution in [0.15, 0.2) is 80.5 Å². The highest BCUT2D eigenvalue weighted by Crippen LogP contribution is 2.27. The molecule has 9 heteroatoms. The van der Waals surface area contributed by atoms with E-state index in [0.717, 1.165) is 17.0 Å². The Labute approximate surface area is 191 Å². The van der Waals surface area contributed by atoms with E-state index in [1.54, 1.807) is 4.57 Å². The van der Waals surface area contributed by atoms with Crippen LogP contribution >= 0.6 is 23.1 Å². The van der Waals surface area contributed by atoms with E-state index < -0.39 is 0 Å². The molecule has 0 bridgehead atoms. The molecule has 0 radical (unpaired) electrons. The molecule has 0 spiro atoms. The van der Waals surface area contributed by atoms with Crippen LogP contribution in [-0.4, -0.2) is 26.3 Å². The Morgan fingerprint density at radius 3 is 2.66 bits per heavy atom. The zero-order valence-corrected chi connectivity index (χ0v) is 18.7. The van der Waals surface area contributed by atoms with Gasteiger partial charge in [-0.1, -0.05) is 47.3 Å². The summed E-state index contributed by atoms with van der Waals surface area (Å²) in [6.45, 7) is 2.51. The van der Waals surface area contributed by atoms with E-state index in [1.807, 2.05) is 73.0 Å². The first-order valence-electron chi connectivity index (χ1n) is 9.97. The molecule has 3 heterocycles. The fourth-order valence-corrected chi connectivity index (χ4v) is 4.83. The average molecular weight is 463 g/mol. The van der Waals surface area contributed by atoms with Gasteiger partial charge in [0, 0.05) is 5.56 Å². The topological polar surface area (TPSA) is 83.0 Å². The number of thiophene rings is 1. The van der Waals surface area contributed by atoms with E-state index in [-0.39, 0.29) is 5.56 Å². The molecule has 0 amide bonds. The normalized spacial score (nSPS) is 11.2. The first-order chi connectivity index (χ1) is 15.7. The average Bonchev–Trinajstić information content (AvgIpc) is 3.49. The van der Waals surface area contributed by atoms with Gasteiger partial charge in [-0.25, -0.2) is 4.98 Å². The number of rotatable bonds is 7. The summed E-state index contributed by atoms with van der Waals surface area (Å²) in [5, 5.41) is 6.50. The van der Waals surface area contributed by atoms with Gasteiger partial charge in [-0.3, -0.25) is 9.36 Å². The summed E-state index contributed by atoms with van der Waals surface area (Å²) in [4.78, 5) is 22.5. The molecule has 7 nitrogen and oxygen atoms in total. The zero-order valence-electron chi connectivity index (χ0n) is 17.1. The molecule has 0 saturated carbocycles. The van der Waals surface area contributed by atoms with Gasteiger partial charge in [0.25, 0.3) is 5.56 Å². The molecule has 0 saturated heterocycles. The quantitative estimate of drug-likeness (QED) is 0.243. The van der Waals surface area contributed by atoms with Crippen LogP contribution in [0.2, 0.25) is 0 Å². The van der Waals surface area contributed by atoms with Gasteiger partial charge >= 0.3 is 0 Å². The zero-order chi connectivity index (χ0) is 21.9.